The fourth-order valence-corrected chi connectivity index (χ4v) is 4.00. The molecule has 0 aromatic rings. The molecule has 1 aliphatic rings. The minimum atomic E-state index is -1.10. The molecule has 3 amide bonds. The maximum atomic E-state index is 13.5. The minimum absolute atomic E-state index is 0.000476. The molecule has 1 rings (SSSR count). The number of esters is 1. The summed E-state index contributed by atoms with van der Waals surface area (Å²) >= 11 is 0. The molecular formula is C30H54N4O8. The highest BCUT2D eigenvalue weighted by Gasteiger charge is 2.35. The number of aliphatic imine (C=N–C) groups is 1. The molecule has 0 aliphatic heterocycles. The first kappa shape index (κ1) is 37.0. The van der Waals surface area contributed by atoms with Crippen LogP contribution in [0.2, 0.25) is 0 Å². The molecule has 2 N–H and O–H groups in total. The summed E-state index contributed by atoms with van der Waals surface area (Å²) in [5.74, 6) is -0.716. The number of carbonyl (C=O) groups is 4. The zero-order valence-corrected chi connectivity index (χ0v) is 27.8. The second kappa shape index (κ2) is 14.9. The fourth-order valence-electron chi connectivity index (χ4n) is 4.00. The summed E-state index contributed by atoms with van der Waals surface area (Å²) in [6, 6.07) is -1.36. The number of carbonyl (C=O) groups excluding carboxylic acids is 4. The van der Waals surface area contributed by atoms with Crippen LogP contribution in [0, 0.1) is 0 Å². The van der Waals surface area contributed by atoms with Gasteiger partial charge in [0.2, 0.25) is 5.96 Å². The van der Waals surface area contributed by atoms with Gasteiger partial charge in [0.1, 0.15) is 28.4 Å². The summed E-state index contributed by atoms with van der Waals surface area (Å²) < 4.78 is 22.0. The lowest BCUT2D eigenvalue weighted by Crippen LogP contribution is -2.54. The molecular weight excluding hydrogens is 544 g/mol. The van der Waals surface area contributed by atoms with E-state index in [0.717, 1.165) is 19.3 Å². The molecule has 12 nitrogen and oxygen atoms in total. The smallest absolute Gasteiger partial charge is 0.417 e. The molecule has 0 aromatic heterocycles. The standard InChI is InChI=1S/C30H54N4O8/c1-27(2,3)39-22(35)21(32-24(36)40-28(4,5)6)18-19-31-23(33-25(37)41-29(7,8)9)34(20-16-14-13-15-17-20)26(38)42-30(10,11)12/h20-21H,13-19H2,1-12H3,(H,32,36)(H,31,33,37)/t21-/m0/s1. The zero-order chi connectivity index (χ0) is 32.5. The van der Waals surface area contributed by atoms with Crippen LogP contribution < -0.4 is 10.6 Å². The predicted octanol–water partition coefficient (Wildman–Crippen LogP) is 6.06. The molecule has 0 bridgehead atoms. The molecule has 0 spiro atoms. The van der Waals surface area contributed by atoms with Gasteiger partial charge in [0.25, 0.3) is 0 Å². The van der Waals surface area contributed by atoms with Crippen LogP contribution in [0.25, 0.3) is 0 Å². The third-order valence-electron chi connectivity index (χ3n) is 5.43. The molecule has 0 heterocycles. The summed E-state index contributed by atoms with van der Waals surface area (Å²) in [5, 5.41) is 5.20. The van der Waals surface area contributed by atoms with Crippen molar-refractivity contribution in [2.45, 2.75) is 156 Å². The first-order valence-corrected chi connectivity index (χ1v) is 14.7. The van der Waals surface area contributed by atoms with Crippen molar-refractivity contribution in [2.24, 2.45) is 4.99 Å². The molecule has 0 radical (unpaired) electrons. The molecule has 1 aliphatic carbocycles. The van der Waals surface area contributed by atoms with Gasteiger partial charge in [-0.25, -0.2) is 24.1 Å². The average molecular weight is 599 g/mol. The first-order valence-electron chi connectivity index (χ1n) is 14.7. The van der Waals surface area contributed by atoms with Gasteiger partial charge in [-0.15, -0.1) is 0 Å². The Kier molecular flexibility index (Phi) is 13.1. The number of ether oxygens (including phenoxy) is 4. The predicted molar refractivity (Wildman–Crippen MR) is 160 cm³/mol. The van der Waals surface area contributed by atoms with E-state index in [1.807, 2.05) is 0 Å². The van der Waals surface area contributed by atoms with Crippen LogP contribution in [0.15, 0.2) is 4.99 Å². The number of rotatable bonds is 6. The third-order valence-corrected chi connectivity index (χ3v) is 5.43. The van der Waals surface area contributed by atoms with E-state index in [4.69, 9.17) is 18.9 Å². The highest BCUT2D eigenvalue weighted by atomic mass is 16.6. The second-order valence-corrected chi connectivity index (χ2v) is 14.5. The first-order chi connectivity index (χ1) is 19.0. The van der Waals surface area contributed by atoms with Crippen molar-refractivity contribution >= 4 is 30.2 Å². The normalized spacial score (nSPS) is 16.1. The van der Waals surface area contributed by atoms with Crippen molar-refractivity contribution in [3.05, 3.63) is 0 Å². The van der Waals surface area contributed by atoms with Crippen molar-refractivity contribution in [1.82, 2.24) is 15.5 Å². The van der Waals surface area contributed by atoms with E-state index in [0.29, 0.717) is 12.8 Å². The van der Waals surface area contributed by atoms with E-state index in [-0.39, 0.29) is 25.0 Å². The number of hydrogen-bond acceptors (Lipinski definition) is 9. The summed E-state index contributed by atoms with van der Waals surface area (Å²) in [4.78, 5) is 57.8. The van der Waals surface area contributed by atoms with Crippen LogP contribution in [0.3, 0.4) is 0 Å². The molecule has 1 atom stereocenters. The van der Waals surface area contributed by atoms with Crippen LogP contribution in [0.4, 0.5) is 14.4 Å². The van der Waals surface area contributed by atoms with E-state index >= 15 is 0 Å². The van der Waals surface area contributed by atoms with Crippen molar-refractivity contribution in [3.8, 4) is 0 Å². The lowest BCUT2D eigenvalue weighted by molar-refractivity contribution is -0.157. The molecule has 0 saturated heterocycles. The van der Waals surface area contributed by atoms with Gasteiger partial charge in [-0.2, -0.15) is 0 Å². The van der Waals surface area contributed by atoms with Gasteiger partial charge < -0.3 is 24.3 Å². The van der Waals surface area contributed by atoms with Crippen molar-refractivity contribution in [1.29, 1.82) is 0 Å². The lowest BCUT2D eigenvalue weighted by atomic mass is 9.94. The Morgan fingerprint density at radius 1 is 0.714 bits per heavy atom. The van der Waals surface area contributed by atoms with Gasteiger partial charge in [0, 0.05) is 12.6 Å². The number of amides is 3. The highest BCUT2D eigenvalue weighted by Crippen LogP contribution is 2.25. The monoisotopic (exact) mass is 598 g/mol. The van der Waals surface area contributed by atoms with E-state index in [9.17, 15) is 19.2 Å². The fraction of sp³-hybridized carbons (Fsp3) is 0.833. The van der Waals surface area contributed by atoms with Gasteiger partial charge >= 0.3 is 24.2 Å². The van der Waals surface area contributed by atoms with E-state index in [2.05, 4.69) is 15.6 Å². The molecule has 12 heteroatoms. The molecule has 1 fully saturated rings. The maximum absolute atomic E-state index is 13.5. The van der Waals surface area contributed by atoms with Crippen LogP contribution >= 0.6 is 0 Å². The second-order valence-electron chi connectivity index (χ2n) is 14.5. The Morgan fingerprint density at radius 3 is 1.67 bits per heavy atom. The molecule has 242 valence electrons. The van der Waals surface area contributed by atoms with Gasteiger partial charge in [-0.3, -0.25) is 10.3 Å². The van der Waals surface area contributed by atoms with Crippen molar-refractivity contribution in [3.63, 3.8) is 0 Å². The highest BCUT2D eigenvalue weighted by molar-refractivity contribution is 6.01. The summed E-state index contributed by atoms with van der Waals surface area (Å²) in [7, 11) is 0. The van der Waals surface area contributed by atoms with Gasteiger partial charge in [-0.1, -0.05) is 19.3 Å². The van der Waals surface area contributed by atoms with Crippen molar-refractivity contribution in [2.75, 3.05) is 6.54 Å². The topological polar surface area (TPSA) is 145 Å². The molecule has 1 saturated carbocycles. The third kappa shape index (κ3) is 15.8. The Labute approximate surface area is 251 Å². The van der Waals surface area contributed by atoms with Crippen LogP contribution in [0.5, 0.6) is 0 Å². The number of nitrogens with one attached hydrogen (secondary N) is 2. The number of guanidine groups is 1. The van der Waals surface area contributed by atoms with Crippen LogP contribution in [-0.2, 0) is 23.7 Å². The Hall–Kier alpha value is -3.05. The Bertz CT molecular complexity index is 962. The van der Waals surface area contributed by atoms with E-state index in [1.54, 1.807) is 83.1 Å². The summed E-state index contributed by atoms with van der Waals surface area (Å²) in [6.07, 6.45) is 2.03. The zero-order valence-electron chi connectivity index (χ0n) is 27.8. The van der Waals surface area contributed by atoms with Gasteiger partial charge in [0.05, 0.1) is 0 Å². The van der Waals surface area contributed by atoms with Crippen LogP contribution in [-0.4, -0.2) is 76.1 Å². The largest absolute Gasteiger partial charge is 0.458 e. The van der Waals surface area contributed by atoms with Gasteiger partial charge in [-0.05, 0) is 102 Å². The van der Waals surface area contributed by atoms with E-state index < -0.39 is 52.7 Å². The number of alkyl carbamates (subject to hydrolysis) is 2. The van der Waals surface area contributed by atoms with Gasteiger partial charge in [0.15, 0.2) is 0 Å². The molecule has 0 unspecified atom stereocenters. The van der Waals surface area contributed by atoms with Crippen LogP contribution in [0.1, 0.15) is 122 Å². The average Bonchev–Trinajstić information content (AvgIpc) is 2.74. The number of hydrogen-bond donors (Lipinski definition) is 2. The lowest BCUT2D eigenvalue weighted by Gasteiger charge is -2.36. The Morgan fingerprint density at radius 2 is 1.19 bits per heavy atom. The summed E-state index contributed by atoms with van der Waals surface area (Å²) in [6.45, 7) is 20.7. The maximum Gasteiger partial charge on any atom is 0.417 e. The van der Waals surface area contributed by atoms with E-state index in [1.165, 1.54) is 4.90 Å². The minimum Gasteiger partial charge on any atom is -0.458 e. The quantitative estimate of drug-likeness (QED) is 0.162. The van der Waals surface area contributed by atoms with Crippen molar-refractivity contribution < 1.29 is 38.1 Å². The molecule has 0 aromatic carbocycles. The molecule has 42 heavy (non-hydrogen) atoms. The summed E-state index contributed by atoms with van der Waals surface area (Å²) in [5.41, 5.74) is -3.17. The SMILES string of the molecule is CC(C)(C)OC(=O)NC(=NCC[C@H](NC(=O)OC(C)(C)C)C(=O)OC(C)(C)C)N(C(=O)OC(C)(C)C)C1CCCCC1. The Balaban J connectivity index is 3.40. The number of nitrogens with zero attached hydrogens (tertiary/aromatic N) is 2.